The van der Waals surface area contributed by atoms with Crippen molar-refractivity contribution in [3.63, 3.8) is 0 Å². The van der Waals surface area contributed by atoms with Crippen LogP contribution >= 0.6 is 0 Å². The molecule has 0 heterocycles. The van der Waals surface area contributed by atoms with Gasteiger partial charge in [-0.05, 0) is 59.9 Å². The summed E-state index contributed by atoms with van der Waals surface area (Å²) in [6.45, 7) is 3.93. The second-order valence-corrected chi connectivity index (χ2v) is 11.5. The number of hydrogen-bond donors (Lipinski definition) is 1. The summed E-state index contributed by atoms with van der Waals surface area (Å²) in [4.78, 5) is 13.3. The summed E-state index contributed by atoms with van der Waals surface area (Å²) < 4.78 is 39.5. The molecule has 4 aromatic rings. The highest BCUT2D eigenvalue weighted by Gasteiger charge is 2.30. The van der Waals surface area contributed by atoms with Crippen LogP contribution in [-0.2, 0) is 21.2 Å². The van der Waals surface area contributed by atoms with Crippen LogP contribution in [0, 0.1) is 12.8 Å². The Bertz CT molecular complexity index is 1550. The summed E-state index contributed by atoms with van der Waals surface area (Å²) in [5.74, 6) is 0.469. The minimum absolute atomic E-state index is 0.0788. The molecule has 0 spiro atoms. The zero-order chi connectivity index (χ0) is 28.0. The first kappa shape index (κ1) is 28.0. The third-order valence-electron chi connectivity index (χ3n) is 6.65. The Labute approximate surface area is 230 Å². The van der Waals surface area contributed by atoms with Crippen molar-refractivity contribution in [3.8, 4) is 11.5 Å². The van der Waals surface area contributed by atoms with Crippen molar-refractivity contribution in [1.29, 1.82) is 0 Å². The SMILES string of the molecule is COc1ccc(OC)c(N(CC(=O)NCC(C)Cc2cccc3ccccc23)S(=O)(=O)c2ccc(C)cc2)c1. The lowest BCUT2D eigenvalue weighted by atomic mass is 9.96. The molecule has 0 aliphatic carbocycles. The third kappa shape index (κ3) is 6.52. The number of nitrogens with one attached hydrogen (secondary N) is 1. The molecular weight excluding hydrogens is 512 g/mol. The van der Waals surface area contributed by atoms with E-state index in [-0.39, 0.29) is 16.5 Å². The Morgan fingerprint density at radius 3 is 2.36 bits per heavy atom. The summed E-state index contributed by atoms with van der Waals surface area (Å²) in [5, 5.41) is 5.30. The van der Waals surface area contributed by atoms with Crippen molar-refractivity contribution < 1.29 is 22.7 Å². The first-order chi connectivity index (χ1) is 18.7. The highest BCUT2D eigenvalue weighted by Crippen LogP contribution is 2.35. The Morgan fingerprint density at radius 1 is 0.923 bits per heavy atom. The molecule has 0 saturated heterocycles. The second-order valence-electron chi connectivity index (χ2n) is 9.61. The predicted molar refractivity (Wildman–Crippen MR) is 155 cm³/mol. The van der Waals surface area contributed by atoms with E-state index >= 15 is 0 Å². The summed E-state index contributed by atoms with van der Waals surface area (Å²) >= 11 is 0. The number of methoxy groups -OCH3 is 2. The molecule has 0 aromatic heterocycles. The van der Waals surface area contributed by atoms with Crippen LogP contribution in [0.2, 0.25) is 0 Å². The fraction of sp³-hybridized carbons (Fsp3) is 0.258. The number of hydrogen-bond acceptors (Lipinski definition) is 5. The fourth-order valence-electron chi connectivity index (χ4n) is 4.52. The van der Waals surface area contributed by atoms with Crippen LogP contribution in [0.1, 0.15) is 18.1 Å². The molecule has 0 bridgehead atoms. The van der Waals surface area contributed by atoms with Crippen LogP contribution < -0.4 is 19.1 Å². The first-order valence-corrected chi connectivity index (χ1v) is 14.2. The van der Waals surface area contributed by atoms with Crippen molar-refractivity contribution >= 4 is 32.4 Å². The zero-order valence-corrected chi connectivity index (χ0v) is 23.5. The van der Waals surface area contributed by atoms with E-state index in [1.807, 2.05) is 25.1 Å². The average molecular weight is 547 g/mol. The van der Waals surface area contributed by atoms with Gasteiger partial charge in [0.05, 0.1) is 24.8 Å². The topological polar surface area (TPSA) is 84.9 Å². The van der Waals surface area contributed by atoms with Crippen molar-refractivity contribution in [2.45, 2.75) is 25.2 Å². The number of fused-ring (bicyclic) bond motifs is 1. The first-order valence-electron chi connectivity index (χ1n) is 12.8. The minimum Gasteiger partial charge on any atom is -0.497 e. The third-order valence-corrected chi connectivity index (χ3v) is 8.42. The number of aryl methyl sites for hydroxylation is 1. The van der Waals surface area contributed by atoms with Crippen LogP contribution in [0.4, 0.5) is 5.69 Å². The minimum atomic E-state index is -4.10. The highest BCUT2D eigenvalue weighted by molar-refractivity contribution is 7.92. The maximum atomic E-state index is 13.8. The van der Waals surface area contributed by atoms with Crippen molar-refractivity contribution in [2.24, 2.45) is 5.92 Å². The van der Waals surface area contributed by atoms with Crippen molar-refractivity contribution in [3.05, 3.63) is 96.1 Å². The van der Waals surface area contributed by atoms with Gasteiger partial charge in [-0.2, -0.15) is 0 Å². The molecule has 0 fully saturated rings. The normalized spacial score (nSPS) is 12.1. The van der Waals surface area contributed by atoms with E-state index in [1.54, 1.807) is 30.3 Å². The molecule has 204 valence electrons. The van der Waals surface area contributed by atoms with E-state index in [1.165, 1.54) is 42.7 Å². The van der Waals surface area contributed by atoms with Crippen molar-refractivity contribution in [2.75, 3.05) is 31.6 Å². The molecule has 0 radical (unpaired) electrons. The number of nitrogens with zero attached hydrogens (tertiary/aromatic N) is 1. The number of anilines is 1. The van der Waals surface area contributed by atoms with Gasteiger partial charge in [0.25, 0.3) is 10.0 Å². The van der Waals surface area contributed by atoms with E-state index in [2.05, 4.69) is 36.5 Å². The van der Waals surface area contributed by atoms with Gasteiger partial charge in [-0.15, -0.1) is 0 Å². The monoisotopic (exact) mass is 546 g/mol. The second kappa shape index (κ2) is 12.2. The van der Waals surface area contributed by atoms with Gasteiger partial charge >= 0.3 is 0 Å². The largest absolute Gasteiger partial charge is 0.497 e. The molecule has 7 nitrogen and oxygen atoms in total. The lowest BCUT2D eigenvalue weighted by molar-refractivity contribution is -0.119. The number of rotatable bonds is 11. The zero-order valence-electron chi connectivity index (χ0n) is 22.7. The molecule has 1 atom stereocenters. The molecule has 39 heavy (non-hydrogen) atoms. The van der Waals surface area contributed by atoms with Crippen molar-refractivity contribution in [1.82, 2.24) is 5.32 Å². The standard InChI is InChI=1S/C31H34N2O5S/c1-22-12-15-27(16-13-22)39(35,36)33(29-19-26(37-3)14-17-30(29)38-4)21-31(34)32-20-23(2)18-25-10-7-9-24-8-5-6-11-28(24)25/h5-17,19,23H,18,20-21H2,1-4H3,(H,32,34). The smallest absolute Gasteiger partial charge is 0.264 e. The number of benzene rings is 4. The van der Waals surface area contributed by atoms with Gasteiger partial charge in [-0.25, -0.2) is 8.42 Å². The summed E-state index contributed by atoms with van der Waals surface area (Å²) in [7, 11) is -1.15. The number of sulfonamides is 1. The molecule has 1 N–H and O–H groups in total. The Balaban J connectivity index is 1.55. The van der Waals surface area contributed by atoms with Crippen LogP contribution in [0.15, 0.2) is 89.8 Å². The Kier molecular flexibility index (Phi) is 8.76. The van der Waals surface area contributed by atoms with Gasteiger partial charge in [0.1, 0.15) is 18.0 Å². The molecular formula is C31H34N2O5S. The van der Waals surface area contributed by atoms with Gasteiger partial charge in [-0.1, -0.05) is 67.1 Å². The lowest BCUT2D eigenvalue weighted by Crippen LogP contribution is -2.42. The van der Waals surface area contributed by atoms with Crippen LogP contribution in [0.5, 0.6) is 11.5 Å². The van der Waals surface area contributed by atoms with Gasteiger partial charge in [0.2, 0.25) is 5.91 Å². The Hall–Kier alpha value is -4.04. The van der Waals surface area contributed by atoms with Crippen LogP contribution in [-0.4, -0.2) is 41.6 Å². The van der Waals surface area contributed by atoms with Gasteiger partial charge in [0, 0.05) is 12.6 Å². The fourth-order valence-corrected chi connectivity index (χ4v) is 5.94. The molecule has 8 heteroatoms. The maximum Gasteiger partial charge on any atom is 0.264 e. The highest BCUT2D eigenvalue weighted by atomic mass is 32.2. The van der Waals surface area contributed by atoms with E-state index in [0.29, 0.717) is 18.0 Å². The molecule has 1 unspecified atom stereocenters. The molecule has 4 rings (SSSR count). The molecule has 4 aromatic carbocycles. The maximum absolute atomic E-state index is 13.8. The molecule has 1 amide bonds. The Morgan fingerprint density at radius 2 is 1.64 bits per heavy atom. The average Bonchev–Trinajstić information content (AvgIpc) is 2.95. The molecule has 0 aliphatic rings. The quantitative estimate of drug-likeness (QED) is 0.274. The van der Waals surface area contributed by atoms with Gasteiger partial charge in [0.15, 0.2) is 0 Å². The number of ether oxygens (including phenoxy) is 2. The van der Waals surface area contributed by atoms with E-state index in [0.717, 1.165) is 16.3 Å². The van der Waals surface area contributed by atoms with Crippen LogP contribution in [0.3, 0.4) is 0 Å². The van der Waals surface area contributed by atoms with E-state index in [4.69, 9.17) is 9.47 Å². The summed E-state index contributed by atoms with van der Waals surface area (Å²) in [6, 6.07) is 25.8. The van der Waals surface area contributed by atoms with E-state index < -0.39 is 22.5 Å². The van der Waals surface area contributed by atoms with Crippen LogP contribution in [0.25, 0.3) is 10.8 Å². The van der Waals surface area contributed by atoms with Gasteiger partial charge < -0.3 is 14.8 Å². The summed E-state index contributed by atoms with van der Waals surface area (Å²) in [5.41, 5.74) is 2.35. The number of amides is 1. The lowest BCUT2D eigenvalue weighted by Gasteiger charge is -2.26. The summed E-state index contributed by atoms with van der Waals surface area (Å²) in [6.07, 6.45) is 0.775. The van der Waals surface area contributed by atoms with Gasteiger partial charge in [-0.3, -0.25) is 9.10 Å². The predicted octanol–water partition coefficient (Wildman–Crippen LogP) is 5.36. The molecule has 0 aliphatic heterocycles. The molecule has 0 saturated carbocycles. The number of carbonyl (C=O) groups is 1. The van der Waals surface area contributed by atoms with E-state index in [9.17, 15) is 13.2 Å². The number of carbonyl (C=O) groups excluding carboxylic acids is 1.